The molecule has 16 heavy (non-hydrogen) atoms. The quantitative estimate of drug-likeness (QED) is 0.593. The van der Waals surface area contributed by atoms with Crippen LogP contribution in [0.15, 0.2) is 24.3 Å². The Kier molecular flexibility index (Phi) is 5.50. The van der Waals surface area contributed by atoms with Crippen molar-refractivity contribution in [3.05, 3.63) is 35.6 Å². The molecule has 88 valence electrons. The molecule has 0 spiro atoms. The van der Waals surface area contributed by atoms with Gasteiger partial charge in [0.2, 0.25) is 0 Å². The minimum absolute atomic E-state index is 0.000589. The number of carbonyl (C=O) groups excluding carboxylic acids is 1. The van der Waals surface area contributed by atoms with Gasteiger partial charge in [0.1, 0.15) is 5.82 Å². The largest absolute Gasteiger partial charge is 0.466 e. The van der Waals surface area contributed by atoms with E-state index in [0.29, 0.717) is 18.4 Å². The lowest BCUT2D eigenvalue weighted by molar-refractivity contribution is -0.143. The number of rotatable bonds is 6. The van der Waals surface area contributed by atoms with Crippen molar-refractivity contribution in [3.63, 3.8) is 0 Å². The summed E-state index contributed by atoms with van der Waals surface area (Å²) in [4.78, 5) is 11.2. The third kappa shape index (κ3) is 4.40. The maximum Gasteiger partial charge on any atom is 0.306 e. The lowest BCUT2D eigenvalue weighted by atomic mass is 10.1. The van der Waals surface area contributed by atoms with Crippen molar-refractivity contribution in [2.45, 2.75) is 19.3 Å². The van der Waals surface area contributed by atoms with Gasteiger partial charge in [0.05, 0.1) is 6.61 Å². The van der Waals surface area contributed by atoms with Gasteiger partial charge >= 0.3 is 5.97 Å². The monoisotopic (exact) mass is 226 g/mol. The molecule has 0 aliphatic carbocycles. The molecule has 4 heteroatoms. The Morgan fingerprint density at radius 1 is 1.38 bits per heavy atom. The van der Waals surface area contributed by atoms with Crippen molar-refractivity contribution >= 4 is 5.97 Å². The minimum atomic E-state index is -0.364. The van der Waals surface area contributed by atoms with E-state index in [0.717, 1.165) is 0 Å². The number of carbonyl (C=O) groups is 1. The first-order valence-corrected chi connectivity index (χ1v) is 5.24. The molecule has 1 rings (SSSR count). The molecule has 0 saturated heterocycles. The highest BCUT2D eigenvalue weighted by atomic mass is 19.1. The molecule has 0 aliphatic heterocycles. The van der Waals surface area contributed by atoms with Crippen LogP contribution in [0.4, 0.5) is 4.39 Å². The Morgan fingerprint density at radius 2 is 2.12 bits per heavy atom. The first-order valence-electron chi connectivity index (χ1n) is 5.24. The summed E-state index contributed by atoms with van der Waals surface area (Å²) in [5.41, 5.74) is 0.515. The summed E-state index contributed by atoms with van der Waals surface area (Å²) < 4.78 is 18.0. The highest BCUT2D eigenvalue weighted by Crippen LogP contribution is 2.09. The third-order valence-electron chi connectivity index (χ3n) is 2.12. The normalized spacial score (nSPS) is 10.1. The lowest BCUT2D eigenvalue weighted by Crippen LogP contribution is -2.08. The second-order valence-electron chi connectivity index (χ2n) is 3.39. The predicted molar refractivity (Wildman–Crippen MR) is 57.4 cm³/mol. The number of aryl methyl sites for hydroxylation is 1. The minimum Gasteiger partial charge on any atom is -0.466 e. The van der Waals surface area contributed by atoms with E-state index in [1.807, 2.05) is 0 Å². The van der Waals surface area contributed by atoms with E-state index in [9.17, 15) is 9.18 Å². The van der Waals surface area contributed by atoms with E-state index in [1.165, 1.54) is 6.07 Å². The molecule has 1 N–H and O–H groups in total. The van der Waals surface area contributed by atoms with Gasteiger partial charge in [0, 0.05) is 19.4 Å². The fourth-order valence-electron chi connectivity index (χ4n) is 1.26. The van der Waals surface area contributed by atoms with Gasteiger partial charge in [-0.1, -0.05) is 18.2 Å². The van der Waals surface area contributed by atoms with Gasteiger partial charge in [0.25, 0.3) is 0 Å². The number of ether oxygens (including phenoxy) is 1. The molecule has 0 heterocycles. The zero-order chi connectivity index (χ0) is 11.8. The molecule has 0 atom stereocenters. The first-order chi connectivity index (χ1) is 7.74. The molecule has 3 nitrogen and oxygen atoms in total. The van der Waals surface area contributed by atoms with Gasteiger partial charge < -0.3 is 9.84 Å². The van der Waals surface area contributed by atoms with Crippen molar-refractivity contribution < 1.29 is 19.0 Å². The van der Waals surface area contributed by atoms with Crippen LogP contribution in [0.3, 0.4) is 0 Å². The molecule has 1 aromatic carbocycles. The van der Waals surface area contributed by atoms with Gasteiger partial charge in [-0.3, -0.25) is 4.79 Å². The maximum absolute atomic E-state index is 13.2. The van der Waals surface area contributed by atoms with Gasteiger partial charge in [-0.15, -0.1) is 0 Å². The second-order valence-corrected chi connectivity index (χ2v) is 3.39. The fraction of sp³-hybridized carbons (Fsp3) is 0.417. The van der Waals surface area contributed by atoms with E-state index in [1.54, 1.807) is 18.2 Å². The van der Waals surface area contributed by atoms with Gasteiger partial charge in [-0.05, 0) is 18.1 Å². The highest BCUT2D eigenvalue weighted by Gasteiger charge is 2.06. The van der Waals surface area contributed by atoms with Crippen LogP contribution in [0.2, 0.25) is 0 Å². The number of benzene rings is 1. The van der Waals surface area contributed by atoms with Crippen LogP contribution in [-0.2, 0) is 16.0 Å². The van der Waals surface area contributed by atoms with E-state index >= 15 is 0 Å². The number of esters is 1. The molecule has 0 fully saturated rings. The standard InChI is InChI=1S/C12H15FO3/c13-11-5-2-1-4-10(11)6-7-12(15)16-9-3-8-14/h1-2,4-5,14H,3,6-9H2. The third-order valence-corrected chi connectivity index (χ3v) is 2.12. The van der Waals surface area contributed by atoms with Crippen molar-refractivity contribution in [2.24, 2.45) is 0 Å². The smallest absolute Gasteiger partial charge is 0.306 e. The summed E-state index contributed by atoms with van der Waals surface area (Å²) in [5, 5.41) is 8.48. The topological polar surface area (TPSA) is 46.5 Å². The Morgan fingerprint density at radius 3 is 2.81 bits per heavy atom. The predicted octanol–water partition coefficient (Wildman–Crippen LogP) is 1.68. The van der Waals surface area contributed by atoms with Crippen molar-refractivity contribution in [1.29, 1.82) is 0 Å². The molecule has 0 aromatic heterocycles. The number of hydrogen-bond acceptors (Lipinski definition) is 3. The fourth-order valence-corrected chi connectivity index (χ4v) is 1.26. The van der Waals surface area contributed by atoms with Crippen molar-refractivity contribution in [2.75, 3.05) is 13.2 Å². The lowest BCUT2D eigenvalue weighted by Gasteiger charge is -2.04. The van der Waals surface area contributed by atoms with Crippen molar-refractivity contribution in [3.8, 4) is 0 Å². The zero-order valence-corrected chi connectivity index (χ0v) is 8.99. The molecule has 1 aromatic rings. The average molecular weight is 226 g/mol. The maximum atomic E-state index is 13.2. The number of halogens is 1. The zero-order valence-electron chi connectivity index (χ0n) is 8.99. The van der Waals surface area contributed by atoms with Crippen LogP contribution in [-0.4, -0.2) is 24.3 Å². The molecular weight excluding hydrogens is 211 g/mol. The SMILES string of the molecule is O=C(CCc1ccccc1F)OCCCO. The first kappa shape index (κ1) is 12.6. The second kappa shape index (κ2) is 6.95. The molecule has 0 radical (unpaired) electrons. The van der Waals surface area contributed by atoms with E-state index in [2.05, 4.69) is 0 Å². The molecule has 0 amide bonds. The summed E-state index contributed by atoms with van der Waals surface area (Å²) in [6.45, 7) is 0.215. The summed E-state index contributed by atoms with van der Waals surface area (Å²) >= 11 is 0. The Labute approximate surface area is 93.9 Å². The van der Waals surface area contributed by atoms with Crippen molar-refractivity contribution in [1.82, 2.24) is 0 Å². The summed E-state index contributed by atoms with van der Waals surface area (Å²) in [7, 11) is 0. The molecule has 0 unspecified atom stereocenters. The van der Waals surface area contributed by atoms with Crippen LogP contribution in [0.25, 0.3) is 0 Å². The van der Waals surface area contributed by atoms with E-state index < -0.39 is 0 Å². The van der Waals surface area contributed by atoms with Crippen LogP contribution in [0, 0.1) is 5.82 Å². The average Bonchev–Trinajstić information content (AvgIpc) is 2.28. The number of hydrogen-bond donors (Lipinski definition) is 1. The summed E-state index contributed by atoms with van der Waals surface area (Å²) in [6.07, 6.45) is 0.933. The number of aliphatic hydroxyl groups is 1. The van der Waals surface area contributed by atoms with Gasteiger partial charge in [-0.2, -0.15) is 0 Å². The van der Waals surface area contributed by atoms with Crippen LogP contribution < -0.4 is 0 Å². The Balaban J connectivity index is 2.29. The van der Waals surface area contributed by atoms with Crippen LogP contribution in [0.1, 0.15) is 18.4 Å². The molecule has 0 bridgehead atoms. The van der Waals surface area contributed by atoms with E-state index in [4.69, 9.17) is 9.84 Å². The summed E-state index contributed by atoms with van der Waals surface area (Å²) in [5.74, 6) is -0.664. The van der Waals surface area contributed by atoms with Gasteiger partial charge in [0.15, 0.2) is 0 Å². The molecule has 0 saturated carbocycles. The molecular formula is C12H15FO3. The number of aliphatic hydroxyl groups excluding tert-OH is 1. The Hall–Kier alpha value is -1.42. The highest BCUT2D eigenvalue weighted by molar-refractivity contribution is 5.69. The summed E-state index contributed by atoms with van der Waals surface area (Å²) in [6, 6.07) is 6.36. The molecule has 0 aliphatic rings. The Bertz CT molecular complexity index is 339. The van der Waals surface area contributed by atoms with Crippen LogP contribution >= 0.6 is 0 Å². The van der Waals surface area contributed by atoms with Gasteiger partial charge in [-0.25, -0.2) is 4.39 Å². The van der Waals surface area contributed by atoms with E-state index in [-0.39, 0.29) is 31.4 Å². The van der Waals surface area contributed by atoms with Crippen LogP contribution in [0.5, 0.6) is 0 Å².